The van der Waals surface area contributed by atoms with Crippen LogP contribution < -0.4 is 10.1 Å². The van der Waals surface area contributed by atoms with Gasteiger partial charge in [0.1, 0.15) is 0 Å². The van der Waals surface area contributed by atoms with Gasteiger partial charge in [-0.15, -0.1) is 6.42 Å². The third-order valence-electron chi connectivity index (χ3n) is 3.64. The summed E-state index contributed by atoms with van der Waals surface area (Å²) in [5.74, 6) is 1.58. The standard InChI is InChI=1S/C16H19FN2O2/c1-2-8-21-16-14(17)9-13(11-19-16)15(20)18-10-12-6-4-3-5-7-12/h1,9,11-12H,3-8,10H2,(H,18,20). The van der Waals surface area contributed by atoms with Gasteiger partial charge in [0.15, 0.2) is 12.4 Å². The van der Waals surface area contributed by atoms with E-state index in [1.807, 2.05) is 0 Å². The average molecular weight is 290 g/mol. The Morgan fingerprint density at radius 1 is 1.48 bits per heavy atom. The lowest BCUT2D eigenvalue weighted by atomic mass is 9.89. The summed E-state index contributed by atoms with van der Waals surface area (Å²) in [5, 5.41) is 2.84. The SMILES string of the molecule is C#CCOc1ncc(C(=O)NCC2CCCCC2)cc1F. The molecule has 1 aliphatic rings. The van der Waals surface area contributed by atoms with Crippen molar-refractivity contribution < 1.29 is 13.9 Å². The molecule has 0 aliphatic heterocycles. The summed E-state index contributed by atoms with van der Waals surface area (Å²) in [6, 6.07) is 1.12. The molecule has 1 heterocycles. The van der Waals surface area contributed by atoms with Gasteiger partial charge < -0.3 is 10.1 Å². The number of carbonyl (C=O) groups excluding carboxylic acids is 1. The van der Waals surface area contributed by atoms with E-state index >= 15 is 0 Å². The number of aromatic nitrogens is 1. The van der Waals surface area contributed by atoms with E-state index < -0.39 is 5.82 Å². The van der Waals surface area contributed by atoms with Crippen molar-refractivity contribution in [1.82, 2.24) is 10.3 Å². The smallest absolute Gasteiger partial charge is 0.252 e. The molecular formula is C16H19FN2O2. The van der Waals surface area contributed by atoms with Crippen LogP contribution >= 0.6 is 0 Å². The second-order valence-electron chi connectivity index (χ2n) is 5.22. The Bertz CT molecular complexity index is 534. The van der Waals surface area contributed by atoms with Crippen molar-refractivity contribution in [1.29, 1.82) is 0 Å². The van der Waals surface area contributed by atoms with Crippen molar-refractivity contribution in [2.45, 2.75) is 32.1 Å². The Hall–Kier alpha value is -2.09. The lowest BCUT2D eigenvalue weighted by molar-refractivity contribution is 0.0942. The zero-order valence-corrected chi connectivity index (χ0v) is 11.9. The van der Waals surface area contributed by atoms with Crippen molar-refractivity contribution in [2.75, 3.05) is 13.2 Å². The van der Waals surface area contributed by atoms with Crippen molar-refractivity contribution >= 4 is 5.91 Å². The number of nitrogens with zero attached hydrogens (tertiary/aromatic N) is 1. The first kappa shape index (κ1) is 15.3. The van der Waals surface area contributed by atoms with Crippen molar-refractivity contribution in [3.8, 4) is 18.2 Å². The minimum atomic E-state index is -0.685. The van der Waals surface area contributed by atoms with Gasteiger partial charge in [0.05, 0.1) is 5.56 Å². The van der Waals surface area contributed by atoms with Crippen LogP contribution in [0.2, 0.25) is 0 Å². The summed E-state index contributed by atoms with van der Waals surface area (Å²) in [5.41, 5.74) is 0.191. The summed E-state index contributed by atoms with van der Waals surface area (Å²) in [6.45, 7) is 0.576. The number of rotatable bonds is 5. The first-order valence-corrected chi connectivity index (χ1v) is 7.20. The Morgan fingerprint density at radius 2 is 2.24 bits per heavy atom. The fourth-order valence-corrected chi connectivity index (χ4v) is 2.50. The summed E-state index contributed by atoms with van der Waals surface area (Å²) in [6.07, 6.45) is 12.3. The van der Waals surface area contributed by atoms with E-state index in [9.17, 15) is 9.18 Å². The van der Waals surface area contributed by atoms with Crippen LogP contribution in [0, 0.1) is 24.1 Å². The minimum Gasteiger partial charge on any atom is -0.462 e. The van der Waals surface area contributed by atoms with Gasteiger partial charge in [-0.3, -0.25) is 4.79 Å². The molecule has 0 aromatic carbocycles. The molecule has 112 valence electrons. The van der Waals surface area contributed by atoms with E-state index in [-0.39, 0.29) is 24.0 Å². The number of hydrogen-bond donors (Lipinski definition) is 1. The van der Waals surface area contributed by atoms with Gasteiger partial charge in [0, 0.05) is 12.7 Å². The number of pyridine rings is 1. The first-order chi connectivity index (χ1) is 10.2. The largest absolute Gasteiger partial charge is 0.462 e. The molecule has 1 amide bonds. The highest BCUT2D eigenvalue weighted by Crippen LogP contribution is 2.23. The molecule has 1 aromatic rings. The first-order valence-electron chi connectivity index (χ1n) is 7.20. The lowest BCUT2D eigenvalue weighted by Crippen LogP contribution is -2.30. The zero-order valence-electron chi connectivity index (χ0n) is 11.9. The van der Waals surface area contributed by atoms with E-state index in [1.54, 1.807) is 0 Å². The number of ether oxygens (including phenoxy) is 1. The maximum atomic E-state index is 13.7. The number of amides is 1. The maximum Gasteiger partial charge on any atom is 0.252 e. The highest BCUT2D eigenvalue weighted by molar-refractivity contribution is 5.93. The number of carbonyl (C=O) groups is 1. The molecule has 5 heteroatoms. The van der Waals surface area contributed by atoms with Crippen LogP contribution in [-0.2, 0) is 0 Å². The zero-order chi connectivity index (χ0) is 15.1. The molecule has 2 rings (SSSR count). The highest BCUT2D eigenvalue weighted by atomic mass is 19.1. The Morgan fingerprint density at radius 3 is 2.90 bits per heavy atom. The van der Waals surface area contributed by atoms with Crippen LogP contribution in [0.5, 0.6) is 5.88 Å². The molecule has 1 saturated carbocycles. The molecule has 1 N–H and O–H groups in total. The van der Waals surface area contributed by atoms with E-state index in [2.05, 4.69) is 16.2 Å². The molecule has 0 saturated heterocycles. The third-order valence-corrected chi connectivity index (χ3v) is 3.64. The number of halogens is 1. The van der Waals surface area contributed by atoms with Gasteiger partial charge in [0.2, 0.25) is 0 Å². The van der Waals surface area contributed by atoms with Crippen molar-refractivity contribution in [2.24, 2.45) is 5.92 Å². The quantitative estimate of drug-likeness (QED) is 0.848. The normalized spacial score (nSPS) is 15.2. The molecule has 1 fully saturated rings. The van der Waals surface area contributed by atoms with Gasteiger partial charge in [-0.1, -0.05) is 25.2 Å². The molecule has 1 aromatic heterocycles. The molecule has 21 heavy (non-hydrogen) atoms. The number of terminal acetylenes is 1. The van der Waals surface area contributed by atoms with Crippen LogP contribution in [-0.4, -0.2) is 24.0 Å². The monoisotopic (exact) mass is 290 g/mol. The Labute approximate surface area is 124 Å². The average Bonchev–Trinajstić information content (AvgIpc) is 2.52. The van der Waals surface area contributed by atoms with Crippen LogP contribution in [0.1, 0.15) is 42.5 Å². The molecule has 0 unspecified atom stereocenters. The van der Waals surface area contributed by atoms with E-state index in [0.29, 0.717) is 12.5 Å². The highest BCUT2D eigenvalue weighted by Gasteiger charge is 2.16. The second kappa shape index (κ2) is 7.63. The summed E-state index contributed by atoms with van der Waals surface area (Å²) >= 11 is 0. The van der Waals surface area contributed by atoms with Crippen molar-refractivity contribution in [3.05, 3.63) is 23.6 Å². The lowest BCUT2D eigenvalue weighted by Gasteiger charge is -2.21. The topological polar surface area (TPSA) is 51.2 Å². The van der Waals surface area contributed by atoms with Gasteiger partial charge in [-0.05, 0) is 24.8 Å². The fraction of sp³-hybridized carbons (Fsp3) is 0.500. The summed E-state index contributed by atoms with van der Waals surface area (Å²) < 4.78 is 18.6. The molecule has 4 nitrogen and oxygen atoms in total. The second-order valence-corrected chi connectivity index (χ2v) is 5.22. The maximum absolute atomic E-state index is 13.7. The van der Waals surface area contributed by atoms with Crippen LogP contribution in [0.15, 0.2) is 12.3 Å². The molecule has 0 radical (unpaired) electrons. The molecule has 0 atom stereocenters. The number of nitrogens with one attached hydrogen (secondary N) is 1. The van der Waals surface area contributed by atoms with Crippen molar-refractivity contribution in [3.63, 3.8) is 0 Å². The van der Waals surface area contributed by atoms with Crippen LogP contribution in [0.3, 0.4) is 0 Å². The Kier molecular flexibility index (Phi) is 5.56. The molecule has 0 spiro atoms. The summed E-state index contributed by atoms with van der Waals surface area (Å²) in [4.78, 5) is 15.8. The van der Waals surface area contributed by atoms with Gasteiger partial charge >= 0.3 is 0 Å². The molecule has 0 bridgehead atoms. The van der Waals surface area contributed by atoms with Crippen LogP contribution in [0.4, 0.5) is 4.39 Å². The third kappa shape index (κ3) is 4.45. The number of hydrogen-bond acceptors (Lipinski definition) is 3. The fourth-order valence-electron chi connectivity index (χ4n) is 2.50. The van der Waals surface area contributed by atoms with Gasteiger partial charge in [-0.25, -0.2) is 9.37 Å². The van der Waals surface area contributed by atoms with E-state index in [0.717, 1.165) is 18.9 Å². The van der Waals surface area contributed by atoms with Crippen LogP contribution in [0.25, 0.3) is 0 Å². The summed E-state index contributed by atoms with van der Waals surface area (Å²) in [7, 11) is 0. The van der Waals surface area contributed by atoms with E-state index in [1.165, 1.54) is 25.5 Å². The molecular weight excluding hydrogens is 271 g/mol. The van der Waals surface area contributed by atoms with E-state index in [4.69, 9.17) is 11.2 Å². The Balaban J connectivity index is 1.89. The minimum absolute atomic E-state index is 0.0584. The van der Waals surface area contributed by atoms with Gasteiger partial charge in [-0.2, -0.15) is 0 Å². The predicted octanol–water partition coefficient (Wildman–Crippen LogP) is 2.54. The van der Waals surface area contributed by atoms with Gasteiger partial charge in [0.25, 0.3) is 11.8 Å². The predicted molar refractivity (Wildman–Crippen MR) is 77.4 cm³/mol. The molecule has 1 aliphatic carbocycles.